The molecule has 0 rings (SSSR count). The summed E-state index contributed by atoms with van der Waals surface area (Å²) in [5.74, 6) is 0. The van der Waals surface area contributed by atoms with E-state index in [1.54, 1.807) is 0 Å². The summed E-state index contributed by atoms with van der Waals surface area (Å²) in [4.78, 5) is 0. The molecule has 0 amide bonds. The van der Waals surface area contributed by atoms with Gasteiger partial charge in [0.05, 0.1) is 0 Å². The molecule has 0 unspecified atom stereocenters. The third kappa shape index (κ3) is 11.8. The van der Waals surface area contributed by atoms with Crippen molar-refractivity contribution < 1.29 is 5.48 Å². The van der Waals surface area contributed by atoms with E-state index >= 15 is 0 Å². The van der Waals surface area contributed by atoms with Crippen LogP contribution in [0.2, 0.25) is 0 Å². The zero-order valence-electron chi connectivity index (χ0n) is 3.21. The summed E-state index contributed by atoms with van der Waals surface area (Å²) >= 11 is 1.42. The summed E-state index contributed by atoms with van der Waals surface area (Å²) in [6.45, 7) is 3.20. The van der Waals surface area contributed by atoms with Crippen molar-refractivity contribution in [2.45, 2.75) is 6.92 Å². The molecule has 3 heteroatoms. The molecular weight excluding hydrogens is 173 g/mol. The summed E-state index contributed by atoms with van der Waals surface area (Å²) in [5.41, 5.74) is 0. The van der Waals surface area contributed by atoms with Crippen LogP contribution in [0.1, 0.15) is 6.92 Å². The Morgan fingerprint density at radius 3 is 2.00 bits per heavy atom. The Balaban J connectivity index is 0. The molecule has 0 bridgehead atoms. The van der Waals surface area contributed by atoms with Gasteiger partial charge in [0, 0.05) is 0 Å². The van der Waals surface area contributed by atoms with Gasteiger partial charge in [-0.05, 0) is 0 Å². The van der Waals surface area contributed by atoms with E-state index in [9.17, 15) is 0 Å². The monoisotopic (exact) mass is 182 g/mol. The van der Waals surface area contributed by atoms with Crippen molar-refractivity contribution >= 4 is 22.8 Å². The Kier molecular flexibility index (Phi) is 16.3. The van der Waals surface area contributed by atoms with Crippen LogP contribution in [0.15, 0.2) is 0 Å². The van der Waals surface area contributed by atoms with Crippen LogP contribution >= 0.6 is 0 Å². The molecule has 0 saturated carbocycles. The van der Waals surface area contributed by atoms with Crippen LogP contribution in [-0.2, 0) is 0 Å². The summed E-state index contributed by atoms with van der Waals surface area (Å²) in [7, 11) is 0. The molecular formula is C2H8NOSn. The number of rotatable bonds is 1. The summed E-state index contributed by atoms with van der Waals surface area (Å²) in [5, 5.41) is 0. The van der Waals surface area contributed by atoms with Crippen molar-refractivity contribution in [3.05, 3.63) is 0 Å². The van der Waals surface area contributed by atoms with E-state index in [0.29, 0.717) is 0 Å². The third-order valence-electron chi connectivity index (χ3n) is 0.177. The fourth-order valence-corrected chi connectivity index (χ4v) is 0. The first kappa shape index (κ1) is 9.21. The van der Waals surface area contributed by atoms with Crippen molar-refractivity contribution in [3.8, 4) is 0 Å². The molecule has 0 aromatic heterocycles. The first-order valence-electron chi connectivity index (χ1n) is 1.31. The average molecular weight is 181 g/mol. The van der Waals surface area contributed by atoms with Crippen LogP contribution in [0.4, 0.5) is 0 Å². The van der Waals surface area contributed by atoms with Gasteiger partial charge in [-0.25, -0.2) is 0 Å². The van der Waals surface area contributed by atoms with E-state index in [4.69, 9.17) is 0 Å². The average Bonchev–Trinajstić information content (AvgIpc) is 1.37. The second-order valence-electron chi connectivity index (χ2n) is 0.530. The maximum atomic E-state index is 3.02. The quantitative estimate of drug-likeness (QED) is 0.510. The van der Waals surface area contributed by atoms with Gasteiger partial charge in [0.2, 0.25) is 0 Å². The fourth-order valence-electron chi connectivity index (χ4n) is 0. The van der Waals surface area contributed by atoms with Gasteiger partial charge in [-0.3, -0.25) is 0 Å². The molecule has 5 heavy (non-hydrogen) atoms. The molecule has 0 saturated heterocycles. The van der Waals surface area contributed by atoms with Gasteiger partial charge >= 0.3 is 39.8 Å². The molecule has 2 nitrogen and oxygen atoms in total. The zero-order valence-corrected chi connectivity index (χ0v) is 6.06. The fraction of sp³-hybridized carbons (Fsp3) is 1.00. The zero-order chi connectivity index (χ0) is 3.41. The van der Waals surface area contributed by atoms with E-state index in [0.717, 1.165) is 6.54 Å². The van der Waals surface area contributed by atoms with Gasteiger partial charge in [-0.1, -0.05) is 0 Å². The maximum absolute atomic E-state index is 3.02. The van der Waals surface area contributed by atoms with Crippen LogP contribution < -0.4 is 3.54 Å². The molecule has 3 radical (unpaired) electrons. The van der Waals surface area contributed by atoms with E-state index in [2.05, 4.69) is 10.5 Å². The van der Waals surface area contributed by atoms with Crippen LogP contribution in [-0.4, -0.2) is 34.8 Å². The first-order chi connectivity index (χ1) is 1.91. The van der Waals surface area contributed by atoms with Gasteiger partial charge in [-0.15, -0.1) is 0 Å². The largest absolute Gasteiger partial charge is 0.412 e. The van der Waals surface area contributed by atoms with Crippen LogP contribution in [0, 0.1) is 0 Å². The number of nitrogens with one attached hydrogen (secondary N) is 1. The van der Waals surface area contributed by atoms with Gasteiger partial charge in [-0.2, -0.15) is 0 Å². The van der Waals surface area contributed by atoms with Crippen molar-refractivity contribution in [1.29, 1.82) is 0 Å². The second-order valence-corrected chi connectivity index (χ2v) is 1.54. The molecule has 0 spiro atoms. The molecule has 0 atom stereocenters. The van der Waals surface area contributed by atoms with Crippen LogP contribution in [0.5, 0.6) is 0 Å². The van der Waals surface area contributed by atoms with Gasteiger partial charge in [0.1, 0.15) is 0 Å². The minimum Gasteiger partial charge on any atom is -0.412 e. The van der Waals surface area contributed by atoms with Gasteiger partial charge in [0.15, 0.2) is 0 Å². The maximum Gasteiger partial charge on any atom is -0.412 e. The number of hydrogen-bond acceptors (Lipinski definition) is 1. The standard InChI is InChI=1S/C2H6N.H2O.Sn/c1-2-3;;/h3H,2H2,1H3;1H2;/q-1;;+1. The Labute approximate surface area is 45.7 Å². The molecule has 0 aliphatic rings. The molecule has 0 heterocycles. The Morgan fingerprint density at radius 2 is 2.00 bits per heavy atom. The molecule has 0 aromatic carbocycles. The molecule has 3 N–H and O–H groups in total. The van der Waals surface area contributed by atoms with Crippen molar-refractivity contribution in [2.24, 2.45) is 0 Å². The number of hydrogen-bond donors (Lipinski definition) is 1. The van der Waals surface area contributed by atoms with Crippen molar-refractivity contribution in [2.75, 3.05) is 6.54 Å². The van der Waals surface area contributed by atoms with E-state index in [1.165, 1.54) is 22.8 Å². The molecule has 31 valence electrons. The topological polar surface area (TPSA) is 43.5 Å². The molecule has 0 aliphatic heterocycles. The predicted octanol–water partition coefficient (Wildman–Crippen LogP) is -1.15. The first-order valence-corrected chi connectivity index (χ1v) is 2.74. The SMILES string of the molecule is CC[NH][Sn].O. The summed E-state index contributed by atoms with van der Waals surface area (Å²) < 4.78 is 3.02. The molecule has 0 fully saturated rings. The Morgan fingerprint density at radius 1 is 1.80 bits per heavy atom. The van der Waals surface area contributed by atoms with Gasteiger partial charge < -0.3 is 5.48 Å². The Bertz CT molecular complexity index is 11.6. The summed E-state index contributed by atoms with van der Waals surface area (Å²) in [6.07, 6.45) is 0. The van der Waals surface area contributed by atoms with Crippen molar-refractivity contribution in [3.63, 3.8) is 0 Å². The predicted molar refractivity (Wildman–Crippen MR) is 23.0 cm³/mol. The van der Waals surface area contributed by atoms with Crippen molar-refractivity contribution in [1.82, 2.24) is 3.54 Å². The van der Waals surface area contributed by atoms with E-state index in [-0.39, 0.29) is 5.48 Å². The third-order valence-corrected chi connectivity index (χ3v) is 1.19. The second kappa shape index (κ2) is 8.83. The van der Waals surface area contributed by atoms with E-state index in [1.807, 2.05) is 0 Å². The Hall–Kier alpha value is 0.719. The smallest absolute Gasteiger partial charge is 0.412 e. The minimum absolute atomic E-state index is 0. The van der Waals surface area contributed by atoms with Gasteiger partial charge in [0.25, 0.3) is 0 Å². The van der Waals surface area contributed by atoms with Crippen LogP contribution in [0.25, 0.3) is 0 Å². The minimum atomic E-state index is 0. The summed E-state index contributed by atoms with van der Waals surface area (Å²) in [6, 6.07) is 0. The molecule has 0 aromatic rings. The van der Waals surface area contributed by atoms with E-state index < -0.39 is 0 Å². The molecule has 0 aliphatic carbocycles. The van der Waals surface area contributed by atoms with Crippen LogP contribution in [0.3, 0.4) is 0 Å². The normalized spacial score (nSPS) is 6.00.